The van der Waals surface area contributed by atoms with Crippen molar-refractivity contribution in [2.75, 3.05) is 13.2 Å². The van der Waals surface area contributed by atoms with Crippen molar-refractivity contribution in [1.29, 1.82) is 0 Å². The van der Waals surface area contributed by atoms with E-state index in [0.717, 1.165) is 44.8 Å². The number of benzene rings is 4. The molecule has 0 atom stereocenters. The zero-order valence-corrected chi connectivity index (χ0v) is 20.0. The van der Waals surface area contributed by atoms with E-state index in [-0.39, 0.29) is 0 Å². The normalized spacial score (nSPS) is 11.5. The largest absolute Gasteiger partial charge is 0.494 e. The summed E-state index contributed by atoms with van der Waals surface area (Å²) in [5.74, 6) is 1.57. The van der Waals surface area contributed by atoms with Gasteiger partial charge in [0.1, 0.15) is 11.5 Å². The summed E-state index contributed by atoms with van der Waals surface area (Å²) in [7, 11) is 0. The third-order valence-electron chi connectivity index (χ3n) is 5.80. The number of aromatic amines is 1. The lowest BCUT2D eigenvalue weighted by molar-refractivity contribution is 0.326. The van der Waals surface area contributed by atoms with Crippen LogP contribution in [0.15, 0.2) is 78.9 Å². The van der Waals surface area contributed by atoms with E-state index in [1.54, 1.807) is 0 Å². The summed E-state index contributed by atoms with van der Waals surface area (Å²) < 4.78 is 11.6. The highest BCUT2D eigenvalue weighted by molar-refractivity contribution is 6.33. The van der Waals surface area contributed by atoms with Crippen LogP contribution >= 0.6 is 11.6 Å². The Morgan fingerprint density at radius 1 is 0.735 bits per heavy atom. The van der Waals surface area contributed by atoms with Crippen LogP contribution in [0.5, 0.6) is 11.5 Å². The van der Waals surface area contributed by atoms with E-state index < -0.39 is 0 Å². The van der Waals surface area contributed by atoms with Gasteiger partial charge in [-0.15, -0.1) is 0 Å². The summed E-state index contributed by atoms with van der Waals surface area (Å²) in [4.78, 5) is 3.49. The minimum Gasteiger partial charge on any atom is -0.494 e. The van der Waals surface area contributed by atoms with Crippen LogP contribution in [0.4, 0.5) is 0 Å². The van der Waals surface area contributed by atoms with Gasteiger partial charge < -0.3 is 14.5 Å². The number of fused-ring (bicyclic) bond motifs is 2. The van der Waals surface area contributed by atoms with Gasteiger partial charge in [-0.2, -0.15) is 0 Å². The van der Waals surface area contributed by atoms with Crippen molar-refractivity contribution in [1.82, 2.24) is 4.98 Å². The Balaban J connectivity index is 1.44. The Labute approximate surface area is 204 Å². The number of ether oxygens (including phenoxy) is 2. The number of hydrogen-bond donors (Lipinski definition) is 1. The Hall–Kier alpha value is -3.69. The van der Waals surface area contributed by atoms with E-state index >= 15 is 0 Å². The molecule has 0 amide bonds. The van der Waals surface area contributed by atoms with Gasteiger partial charge in [-0.25, -0.2) is 0 Å². The topological polar surface area (TPSA) is 34.2 Å². The first-order chi connectivity index (χ1) is 16.6. The average Bonchev–Trinajstić information content (AvgIpc) is 3.27. The van der Waals surface area contributed by atoms with Crippen LogP contribution in [-0.4, -0.2) is 18.2 Å². The Morgan fingerprint density at radius 3 is 2.24 bits per heavy atom. The van der Waals surface area contributed by atoms with E-state index in [9.17, 15) is 0 Å². The molecule has 0 fully saturated rings. The molecule has 0 unspecified atom stereocenters. The van der Waals surface area contributed by atoms with Crippen molar-refractivity contribution < 1.29 is 9.47 Å². The van der Waals surface area contributed by atoms with Crippen LogP contribution in [0.25, 0.3) is 45.1 Å². The third-order valence-corrected chi connectivity index (χ3v) is 6.11. The predicted molar refractivity (Wildman–Crippen MR) is 144 cm³/mol. The first-order valence-electron chi connectivity index (χ1n) is 11.5. The van der Waals surface area contributed by atoms with Crippen LogP contribution in [0.1, 0.15) is 25.0 Å². The molecule has 0 radical (unpaired) electrons. The predicted octanol–water partition coefficient (Wildman–Crippen LogP) is 8.61. The molecule has 0 aliphatic heterocycles. The van der Waals surface area contributed by atoms with Gasteiger partial charge in [-0.3, -0.25) is 0 Å². The summed E-state index contributed by atoms with van der Waals surface area (Å²) in [6, 6.07) is 27.0. The summed E-state index contributed by atoms with van der Waals surface area (Å²) in [5, 5.41) is 4.19. The minimum absolute atomic E-state index is 0.581. The lowest BCUT2D eigenvalue weighted by atomic mass is 10.0. The maximum Gasteiger partial charge on any atom is 0.147 e. The molecule has 5 rings (SSSR count). The zero-order valence-electron chi connectivity index (χ0n) is 19.3. The second kappa shape index (κ2) is 9.66. The highest BCUT2D eigenvalue weighted by Crippen LogP contribution is 2.36. The number of H-pyrrole nitrogens is 1. The molecule has 0 spiro atoms. The molecule has 5 aromatic rings. The molecular formula is C30H26ClNO2. The molecule has 0 aliphatic carbocycles. The number of aromatic nitrogens is 1. The van der Waals surface area contributed by atoms with Crippen LogP contribution in [0.3, 0.4) is 0 Å². The highest BCUT2D eigenvalue weighted by Gasteiger charge is 2.13. The molecule has 1 heterocycles. The lowest BCUT2D eigenvalue weighted by Gasteiger charge is -2.08. The van der Waals surface area contributed by atoms with E-state index in [0.29, 0.717) is 18.2 Å². The van der Waals surface area contributed by atoms with Crippen molar-refractivity contribution in [3.05, 3.63) is 95.0 Å². The second-order valence-electron chi connectivity index (χ2n) is 8.11. The standard InChI is InChI=1S/C30H26ClNO2/c1-3-33-25-17-24-18-28(32-30(24)29(19-25)34-4-2)26-14-12-21(16-27(26)31)10-9-20-11-13-22-7-5-6-8-23(22)15-20/h5-19,32H,3-4H2,1-2H3/b10-9+. The van der Waals surface area contributed by atoms with E-state index in [2.05, 4.69) is 77.8 Å². The number of rotatable bonds is 7. The van der Waals surface area contributed by atoms with Gasteiger partial charge in [0, 0.05) is 22.7 Å². The lowest BCUT2D eigenvalue weighted by Crippen LogP contribution is -1.95. The second-order valence-corrected chi connectivity index (χ2v) is 8.52. The van der Waals surface area contributed by atoms with Crippen LogP contribution in [-0.2, 0) is 0 Å². The van der Waals surface area contributed by atoms with Crippen molar-refractivity contribution in [2.24, 2.45) is 0 Å². The van der Waals surface area contributed by atoms with E-state index in [1.807, 2.05) is 32.0 Å². The molecule has 3 nitrogen and oxygen atoms in total. The number of hydrogen-bond acceptors (Lipinski definition) is 2. The molecule has 0 aliphatic rings. The van der Waals surface area contributed by atoms with Crippen molar-refractivity contribution in [3.8, 4) is 22.8 Å². The average molecular weight is 468 g/mol. The smallest absolute Gasteiger partial charge is 0.147 e. The van der Waals surface area contributed by atoms with Gasteiger partial charge in [-0.1, -0.05) is 72.3 Å². The van der Waals surface area contributed by atoms with Crippen LogP contribution in [0.2, 0.25) is 5.02 Å². The fraction of sp³-hybridized carbons (Fsp3) is 0.133. The molecular weight excluding hydrogens is 442 g/mol. The number of halogens is 1. The summed E-state index contributed by atoms with van der Waals surface area (Å²) in [5.41, 5.74) is 5.03. The fourth-order valence-electron chi connectivity index (χ4n) is 4.21. The van der Waals surface area contributed by atoms with E-state index in [1.165, 1.54) is 10.8 Å². The molecule has 0 saturated heterocycles. The molecule has 0 bridgehead atoms. The SMILES string of the molecule is CCOc1cc(OCC)c2[nH]c(-c3ccc(/C=C/c4ccc5ccccc5c4)cc3Cl)cc2c1. The van der Waals surface area contributed by atoms with Gasteiger partial charge >= 0.3 is 0 Å². The molecule has 1 aromatic heterocycles. The van der Waals surface area contributed by atoms with Crippen LogP contribution < -0.4 is 9.47 Å². The maximum atomic E-state index is 6.72. The van der Waals surface area contributed by atoms with Gasteiger partial charge in [0.15, 0.2) is 0 Å². The Bertz CT molecular complexity index is 1500. The highest BCUT2D eigenvalue weighted by atomic mass is 35.5. The fourth-order valence-corrected chi connectivity index (χ4v) is 4.50. The third kappa shape index (κ3) is 4.52. The van der Waals surface area contributed by atoms with Gasteiger partial charge in [0.05, 0.1) is 23.8 Å². The van der Waals surface area contributed by atoms with Gasteiger partial charge in [-0.05, 0) is 60.0 Å². The Kier molecular flexibility index (Phi) is 6.29. The molecule has 4 aromatic carbocycles. The zero-order chi connectivity index (χ0) is 23.5. The molecule has 4 heteroatoms. The first kappa shape index (κ1) is 22.1. The van der Waals surface area contributed by atoms with E-state index in [4.69, 9.17) is 21.1 Å². The Morgan fingerprint density at radius 2 is 1.47 bits per heavy atom. The monoisotopic (exact) mass is 467 g/mol. The van der Waals surface area contributed by atoms with Gasteiger partial charge in [0.25, 0.3) is 0 Å². The molecule has 1 N–H and O–H groups in total. The quantitative estimate of drug-likeness (QED) is 0.243. The first-order valence-corrected chi connectivity index (χ1v) is 11.9. The summed E-state index contributed by atoms with van der Waals surface area (Å²) in [6.45, 7) is 5.14. The number of nitrogens with one attached hydrogen (secondary N) is 1. The molecule has 34 heavy (non-hydrogen) atoms. The van der Waals surface area contributed by atoms with Crippen molar-refractivity contribution in [2.45, 2.75) is 13.8 Å². The van der Waals surface area contributed by atoms with Gasteiger partial charge in [0.2, 0.25) is 0 Å². The minimum atomic E-state index is 0.581. The maximum absolute atomic E-state index is 6.72. The van der Waals surface area contributed by atoms with Crippen LogP contribution in [0, 0.1) is 0 Å². The summed E-state index contributed by atoms with van der Waals surface area (Å²) >= 11 is 6.72. The molecule has 170 valence electrons. The summed E-state index contributed by atoms with van der Waals surface area (Å²) in [6.07, 6.45) is 4.21. The molecule has 0 saturated carbocycles. The van der Waals surface area contributed by atoms with Crippen molar-refractivity contribution >= 4 is 45.4 Å². The van der Waals surface area contributed by atoms with Crippen molar-refractivity contribution in [3.63, 3.8) is 0 Å².